The number of anilines is 1. The molecule has 0 radical (unpaired) electrons. The summed E-state index contributed by atoms with van der Waals surface area (Å²) in [6, 6.07) is 11.2. The van der Waals surface area contributed by atoms with Crippen LogP contribution in [0, 0.1) is 0 Å². The Morgan fingerprint density at radius 1 is 0.969 bits per heavy atom. The van der Waals surface area contributed by atoms with E-state index in [2.05, 4.69) is 10.3 Å². The highest BCUT2D eigenvalue weighted by atomic mass is 32.1. The van der Waals surface area contributed by atoms with E-state index in [4.69, 9.17) is 18.9 Å². The van der Waals surface area contributed by atoms with Crippen LogP contribution in [0.4, 0.5) is 5.13 Å². The number of carbonyl (C=O) groups excluding carboxylic acids is 1. The summed E-state index contributed by atoms with van der Waals surface area (Å²) >= 11 is 1.36. The van der Waals surface area contributed by atoms with Crippen molar-refractivity contribution in [2.75, 3.05) is 47.3 Å². The lowest BCUT2D eigenvalue weighted by atomic mass is 10.1. The van der Waals surface area contributed by atoms with Crippen molar-refractivity contribution in [3.8, 4) is 34.3 Å². The molecule has 0 spiro atoms. The molecule has 1 aromatic heterocycles. The second-order valence-electron chi connectivity index (χ2n) is 7.01. The zero-order chi connectivity index (χ0) is 23.1. The first kappa shape index (κ1) is 23.4. The second kappa shape index (κ2) is 10.8. The molecule has 0 aliphatic heterocycles. The quantitative estimate of drug-likeness (QED) is 0.494. The smallest absolute Gasteiger partial charge is 0.240 e. The number of hydrogen-bond acceptors (Lipinski definition) is 8. The number of thiazole rings is 1. The van der Waals surface area contributed by atoms with Crippen molar-refractivity contribution in [3.63, 3.8) is 0 Å². The van der Waals surface area contributed by atoms with Gasteiger partial charge >= 0.3 is 0 Å². The maximum Gasteiger partial charge on any atom is 0.240 e. The Morgan fingerprint density at radius 2 is 1.72 bits per heavy atom. The standard InChI is InChI=1S/C23H27N3O5S/c1-26(12-15-6-9-19(29-3)21(10-15)31-5)13-22(27)25-23-24-18(14-32-23)17-8-7-16(28-2)11-20(17)30-4/h6-11,14H,12-13H2,1-5H3,(H,24,25,27). The summed E-state index contributed by atoms with van der Waals surface area (Å²) in [5.41, 5.74) is 2.57. The van der Waals surface area contributed by atoms with Gasteiger partial charge in [-0.05, 0) is 36.9 Å². The third-order valence-electron chi connectivity index (χ3n) is 4.75. The molecule has 8 nitrogen and oxygen atoms in total. The van der Waals surface area contributed by atoms with E-state index in [-0.39, 0.29) is 12.5 Å². The van der Waals surface area contributed by atoms with E-state index in [1.807, 2.05) is 47.7 Å². The van der Waals surface area contributed by atoms with E-state index in [0.29, 0.717) is 34.7 Å². The predicted octanol–water partition coefficient (Wildman–Crippen LogP) is 3.92. The number of aromatic nitrogens is 1. The number of nitrogens with one attached hydrogen (secondary N) is 1. The first-order chi connectivity index (χ1) is 15.5. The number of carbonyl (C=O) groups is 1. The third kappa shape index (κ3) is 5.68. The summed E-state index contributed by atoms with van der Waals surface area (Å²) < 4.78 is 21.3. The minimum absolute atomic E-state index is 0.143. The van der Waals surface area contributed by atoms with Crippen molar-refractivity contribution < 1.29 is 23.7 Å². The fourth-order valence-electron chi connectivity index (χ4n) is 3.22. The Labute approximate surface area is 191 Å². The summed E-state index contributed by atoms with van der Waals surface area (Å²) in [6.07, 6.45) is 0. The number of hydrogen-bond donors (Lipinski definition) is 1. The number of nitrogens with zero attached hydrogens (tertiary/aromatic N) is 2. The summed E-state index contributed by atoms with van der Waals surface area (Å²) in [4.78, 5) is 19.0. The van der Waals surface area contributed by atoms with Crippen LogP contribution in [0.3, 0.4) is 0 Å². The zero-order valence-corrected chi connectivity index (χ0v) is 19.6. The van der Waals surface area contributed by atoms with Gasteiger partial charge in [0.25, 0.3) is 0 Å². The van der Waals surface area contributed by atoms with Crippen molar-refractivity contribution >= 4 is 22.4 Å². The molecule has 0 fully saturated rings. The molecule has 170 valence electrons. The molecule has 2 aromatic carbocycles. The van der Waals surface area contributed by atoms with Crippen LogP contribution in [0.25, 0.3) is 11.3 Å². The van der Waals surface area contributed by atoms with Crippen LogP contribution in [0.1, 0.15) is 5.56 Å². The van der Waals surface area contributed by atoms with Crippen molar-refractivity contribution in [3.05, 3.63) is 47.3 Å². The Bertz CT molecular complexity index is 1070. The highest BCUT2D eigenvalue weighted by molar-refractivity contribution is 7.14. The number of ether oxygens (including phenoxy) is 4. The fourth-order valence-corrected chi connectivity index (χ4v) is 3.94. The summed E-state index contributed by atoms with van der Waals surface area (Å²) in [5, 5.41) is 5.28. The molecule has 0 saturated carbocycles. The first-order valence-corrected chi connectivity index (χ1v) is 10.7. The van der Waals surface area contributed by atoms with E-state index in [1.54, 1.807) is 34.5 Å². The molecule has 1 amide bonds. The molecule has 1 N–H and O–H groups in total. The number of methoxy groups -OCH3 is 4. The van der Waals surface area contributed by atoms with Crippen LogP contribution < -0.4 is 24.3 Å². The van der Waals surface area contributed by atoms with E-state index in [1.165, 1.54) is 11.3 Å². The number of amides is 1. The maximum atomic E-state index is 12.5. The SMILES string of the molecule is COc1ccc(-c2csc(NC(=O)CN(C)Cc3ccc(OC)c(OC)c3)n2)c(OC)c1. The molecule has 0 saturated heterocycles. The molecule has 3 rings (SSSR count). The average Bonchev–Trinajstić information content (AvgIpc) is 3.26. The largest absolute Gasteiger partial charge is 0.497 e. The van der Waals surface area contributed by atoms with Gasteiger partial charge in [-0.1, -0.05) is 6.07 Å². The van der Waals surface area contributed by atoms with Crippen LogP contribution in [-0.4, -0.2) is 57.8 Å². The van der Waals surface area contributed by atoms with Crippen LogP contribution in [0.2, 0.25) is 0 Å². The lowest BCUT2D eigenvalue weighted by molar-refractivity contribution is -0.117. The van der Waals surface area contributed by atoms with Gasteiger partial charge < -0.3 is 24.3 Å². The van der Waals surface area contributed by atoms with Crippen molar-refractivity contribution in [1.29, 1.82) is 0 Å². The number of likely N-dealkylation sites (N-methyl/N-ethyl adjacent to an activating group) is 1. The van der Waals surface area contributed by atoms with Gasteiger partial charge in [0.15, 0.2) is 16.6 Å². The van der Waals surface area contributed by atoms with E-state index >= 15 is 0 Å². The zero-order valence-electron chi connectivity index (χ0n) is 18.8. The maximum absolute atomic E-state index is 12.5. The van der Waals surface area contributed by atoms with Gasteiger partial charge in [0, 0.05) is 23.6 Å². The molecule has 9 heteroatoms. The van der Waals surface area contributed by atoms with E-state index in [0.717, 1.165) is 16.8 Å². The van der Waals surface area contributed by atoms with Gasteiger partial charge in [0.05, 0.1) is 40.7 Å². The molecule has 3 aromatic rings. The summed E-state index contributed by atoms with van der Waals surface area (Å²) in [7, 11) is 8.28. The van der Waals surface area contributed by atoms with E-state index < -0.39 is 0 Å². The lowest BCUT2D eigenvalue weighted by Gasteiger charge is -2.17. The van der Waals surface area contributed by atoms with Gasteiger partial charge in [-0.3, -0.25) is 9.69 Å². The Kier molecular flexibility index (Phi) is 7.91. The van der Waals surface area contributed by atoms with Gasteiger partial charge in [-0.25, -0.2) is 4.98 Å². The molecular weight excluding hydrogens is 430 g/mol. The van der Waals surface area contributed by atoms with Crippen LogP contribution >= 0.6 is 11.3 Å². The monoisotopic (exact) mass is 457 g/mol. The molecular formula is C23H27N3O5S. The minimum Gasteiger partial charge on any atom is -0.497 e. The Morgan fingerprint density at radius 3 is 2.41 bits per heavy atom. The first-order valence-electron chi connectivity index (χ1n) is 9.84. The molecule has 0 bridgehead atoms. The van der Waals surface area contributed by atoms with Gasteiger partial charge in [-0.15, -0.1) is 11.3 Å². The van der Waals surface area contributed by atoms with Gasteiger partial charge in [0.2, 0.25) is 5.91 Å². The molecule has 0 atom stereocenters. The summed E-state index contributed by atoms with van der Waals surface area (Å²) in [6.45, 7) is 0.801. The van der Waals surface area contributed by atoms with Gasteiger partial charge in [0.1, 0.15) is 11.5 Å². The molecule has 1 heterocycles. The third-order valence-corrected chi connectivity index (χ3v) is 5.51. The normalized spacial score (nSPS) is 10.7. The highest BCUT2D eigenvalue weighted by Gasteiger charge is 2.14. The number of rotatable bonds is 10. The molecule has 0 aliphatic carbocycles. The topological polar surface area (TPSA) is 82.2 Å². The molecule has 0 aliphatic rings. The second-order valence-corrected chi connectivity index (χ2v) is 7.87. The van der Waals surface area contributed by atoms with Crippen molar-refractivity contribution in [2.45, 2.75) is 6.54 Å². The van der Waals surface area contributed by atoms with E-state index in [9.17, 15) is 4.79 Å². The molecule has 0 unspecified atom stereocenters. The Balaban J connectivity index is 1.61. The minimum atomic E-state index is -0.143. The van der Waals surface area contributed by atoms with Crippen LogP contribution in [0.5, 0.6) is 23.0 Å². The Hall–Kier alpha value is -3.30. The average molecular weight is 458 g/mol. The lowest BCUT2D eigenvalue weighted by Crippen LogP contribution is -2.29. The van der Waals surface area contributed by atoms with Crippen LogP contribution in [0.15, 0.2) is 41.8 Å². The highest BCUT2D eigenvalue weighted by Crippen LogP contribution is 2.35. The molecule has 32 heavy (non-hydrogen) atoms. The van der Waals surface area contributed by atoms with Crippen LogP contribution in [-0.2, 0) is 11.3 Å². The fraction of sp³-hybridized carbons (Fsp3) is 0.304. The van der Waals surface area contributed by atoms with Crippen molar-refractivity contribution in [2.24, 2.45) is 0 Å². The summed E-state index contributed by atoms with van der Waals surface area (Å²) in [5.74, 6) is 2.54. The predicted molar refractivity (Wildman–Crippen MR) is 125 cm³/mol. The number of benzene rings is 2. The van der Waals surface area contributed by atoms with Crippen molar-refractivity contribution in [1.82, 2.24) is 9.88 Å². The van der Waals surface area contributed by atoms with Gasteiger partial charge in [-0.2, -0.15) is 0 Å².